The van der Waals surface area contributed by atoms with Gasteiger partial charge in [0.1, 0.15) is 0 Å². The van der Waals surface area contributed by atoms with Crippen LogP contribution in [0.2, 0.25) is 0 Å². The summed E-state index contributed by atoms with van der Waals surface area (Å²) in [4.78, 5) is 12.8. The molecule has 1 aromatic carbocycles. The molecule has 0 heterocycles. The van der Waals surface area contributed by atoms with E-state index in [0.29, 0.717) is 6.54 Å². The molecule has 1 aliphatic carbocycles. The number of amides is 1. The fourth-order valence-corrected chi connectivity index (χ4v) is 3.33. The smallest absolute Gasteiger partial charge is 0.223 e. The number of hydrogen-bond donors (Lipinski definition) is 2. The molecular formula is C17H26N2O2S. The van der Waals surface area contributed by atoms with Crippen molar-refractivity contribution in [2.45, 2.75) is 43.5 Å². The maximum Gasteiger partial charge on any atom is 0.223 e. The van der Waals surface area contributed by atoms with Crippen LogP contribution in [0.25, 0.3) is 0 Å². The van der Waals surface area contributed by atoms with Crippen LogP contribution in [0, 0.1) is 5.92 Å². The lowest BCUT2D eigenvalue weighted by atomic mass is 9.89. The summed E-state index contributed by atoms with van der Waals surface area (Å²) in [5.41, 5.74) is 1.16. The van der Waals surface area contributed by atoms with Crippen LogP contribution in [0.5, 0.6) is 0 Å². The molecule has 0 saturated heterocycles. The van der Waals surface area contributed by atoms with Crippen molar-refractivity contribution in [1.29, 1.82) is 0 Å². The molecule has 0 radical (unpaired) electrons. The second-order valence-corrected chi connectivity index (χ2v) is 7.28. The predicted molar refractivity (Wildman–Crippen MR) is 90.1 cm³/mol. The van der Waals surface area contributed by atoms with Gasteiger partial charge in [0, 0.05) is 47.5 Å². The molecule has 1 fully saturated rings. The maximum absolute atomic E-state index is 12.0. The second-order valence-electron chi connectivity index (χ2n) is 5.90. The van der Waals surface area contributed by atoms with Gasteiger partial charge in [-0.2, -0.15) is 0 Å². The average molecular weight is 322 g/mol. The number of hydrogen-bond acceptors (Lipinski definition) is 3. The molecule has 2 N–H and O–H groups in total. The van der Waals surface area contributed by atoms with Gasteiger partial charge in [-0.05, 0) is 30.5 Å². The van der Waals surface area contributed by atoms with Crippen LogP contribution >= 0.6 is 0 Å². The van der Waals surface area contributed by atoms with E-state index in [9.17, 15) is 9.00 Å². The van der Waals surface area contributed by atoms with Crippen molar-refractivity contribution in [3.05, 3.63) is 29.8 Å². The van der Waals surface area contributed by atoms with E-state index >= 15 is 0 Å². The van der Waals surface area contributed by atoms with Crippen LogP contribution in [0.4, 0.5) is 0 Å². The Hall–Kier alpha value is -1.20. The molecule has 0 spiro atoms. The SMILES string of the molecule is C[S@@](=O)c1ccc(CNCCNC(=O)C2CCCCC2)cc1. The Kier molecular flexibility index (Phi) is 7.06. The minimum atomic E-state index is -0.922. The van der Waals surface area contributed by atoms with Crippen LogP contribution < -0.4 is 10.6 Å². The topological polar surface area (TPSA) is 58.2 Å². The van der Waals surface area contributed by atoms with Gasteiger partial charge < -0.3 is 10.6 Å². The van der Waals surface area contributed by atoms with Gasteiger partial charge in [-0.25, -0.2) is 0 Å². The van der Waals surface area contributed by atoms with Crippen molar-refractivity contribution >= 4 is 16.7 Å². The Balaban J connectivity index is 1.60. The Bertz CT molecular complexity index is 496. The standard InChI is InChI=1S/C17H26N2O2S/c1-22(21)16-9-7-14(8-10-16)13-18-11-12-19-17(20)15-5-3-2-4-6-15/h7-10,15,18H,2-6,11-13H2,1H3,(H,19,20)/t22-/m1/s1. The molecule has 1 saturated carbocycles. The molecule has 1 atom stereocenters. The minimum Gasteiger partial charge on any atom is -0.355 e. The minimum absolute atomic E-state index is 0.219. The molecule has 1 aromatic rings. The van der Waals surface area contributed by atoms with Crippen LogP contribution in [0.1, 0.15) is 37.7 Å². The number of benzene rings is 1. The molecule has 0 aliphatic heterocycles. The number of carbonyl (C=O) groups excluding carboxylic acids is 1. The Morgan fingerprint density at radius 1 is 1.14 bits per heavy atom. The number of carbonyl (C=O) groups is 1. The lowest BCUT2D eigenvalue weighted by Gasteiger charge is -2.20. The van der Waals surface area contributed by atoms with E-state index in [1.807, 2.05) is 24.3 Å². The molecule has 0 aromatic heterocycles. The molecule has 5 heteroatoms. The Morgan fingerprint density at radius 2 is 1.82 bits per heavy atom. The van der Waals surface area contributed by atoms with Crippen LogP contribution in [-0.2, 0) is 22.1 Å². The summed E-state index contributed by atoms with van der Waals surface area (Å²) in [6.45, 7) is 2.20. The van der Waals surface area contributed by atoms with Crippen LogP contribution in [0.3, 0.4) is 0 Å². The zero-order valence-corrected chi connectivity index (χ0v) is 14.1. The molecule has 4 nitrogen and oxygen atoms in total. The third-order valence-electron chi connectivity index (χ3n) is 4.16. The molecule has 122 valence electrons. The fraction of sp³-hybridized carbons (Fsp3) is 0.588. The summed E-state index contributed by atoms with van der Waals surface area (Å²) in [7, 11) is -0.922. The summed E-state index contributed by atoms with van der Waals surface area (Å²) < 4.78 is 11.3. The summed E-state index contributed by atoms with van der Waals surface area (Å²) in [5, 5.41) is 6.34. The highest BCUT2D eigenvalue weighted by molar-refractivity contribution is 7.84. The lowest BCUT2D eigenvalue weighted by Crippen LogP contribution is -2.36. The zero-order valence-electron chi connectivity index (χ0n) is 13.3. The van der Waals surface area contributed by atoms with Gasteiger partial charge in [0.2, 0.25) is 5.91 Å². The van der Waals surface area contributed by atoms with E-state index in [1.54, 1.807) is 6.26 Å². The third kappa shape index (κ3) is 5.54. The first-order valence-corrected chi connectivity index (χ1v) is 9.63. The van der Waals surface area contributed by atoms with Gasteiger partial charge in [-0.1, -0.05) is 31.4 Å². The fourth-order valence-electron chi connectivity index (χ4n) is 2.81. The summed E-state index contributed by atoms with van der Waals surface area (Å²) in [5.74, 6) is 0.451. The van der Waals surface area contributed by atoms with Crippen molar-refractivity contribution < 1.29 is 9.00 Å². The van der Waals surface area contributed by atoms with E-state index in [1.165, 1.54) is 19.3 Å². The van der Waals surface area contributed by atoms with Gasteiger partial charge in [-0.15, -0.1) is 0 Å². The summed E-state index contributed by atoms with van der Waals surface area (Å²) in [6.07, 6.45) is 7.43. The van der Waals surface area contributed by atoms with Crippen molar-refractivity contribution in [2.75, 3.05) is 19.3 Å². The number of rotatable bonds is 7. The van der Waals surface area contributed by atoms with Crippen molar-refractivity contribution in [2.24, 2.45) is 5.92 Å². The van der Waals surface area contributed by atoms with Gasteiger partial charge in [0.05, 0.1) is 0 Å². The van der Waals surface area contributed by atoms with Crippen molar-refractivity contribution in [3.63, 3.8) is 0 Å². The normalized spacial score (nSPS) is 17.1. The third-order valence-corrected chi connectivity index (χ3v) is 5.10. The first-order chi connectivity index (χ1) is 10.7. The zero-order chi connectivity index (χ0) is 15.8. The lowest BCUT2D eigenvalue weighted by molar-refractivity contribution is -0.125. The van der Waals surface area contributed by atoms with Gasteiger partial charge in [-0.3, -0.25) is 9.00 Å². The van der Waals surface area contributed by atoms with Gasteiger partial charge in [0.25, 0.3) is 0 Å². The van der Waals surface area contributed by atoms with E-state index in [2.05, 4.69) is 10.6 Å². The summed E-state index contributed by atoms with van der Waals surface area (Å²) in [6, 6.07) is 7.78. The molecule has 1 amide bonds. The molecule has 22 heavy (non-hydrogen) atoms. The monoisotopic (exact) mass is 322 g/mol. The molecule has 0 unspecified atom stereocenters. The Morgan fingerprint density at radius 3 is 2.45 bits per heavy atom. The van der Waals surface area contributed by atoms with E-state index in [4.69, 9.17) is 0 Å². The molecular weight excluding hydrogens is 296 g/mol. The molecule has 1 aliphatic rings. The Labute approximate surface area is 135 Å². The highest BCUT2D eigenvalue weighted by Crippen LogP contribution is 2.23. The highest BCUT2D eigenvalue weighted by Gasteiger charge is 2.20. The first kappa shape index (κ1) is 17.2. The number of nitrogens with one attached hydrogen (secondary N) is 2. The van der Waals surface area contributed by atoms with E-state index in [0.717, 1.165) is 36.4 Å². The van der Waals surface area contributed by atoms with E-state index in [-0.39, 0.29) is 11.8 Å². The van der Waals surface area contributed by atoms with Crippen molar-refractivity contribution in [3.8, 4) is 0 Å². The average Bonchev–Trinajstić information content (AvgIpc) is 2.55. The predicted octanol–water partition coefficient (Wildman–Crippen LogP) is 2.21. The summed E-state index contributed by atoms with van der Waals surface area (Å²) >= 11 is 0. The van der Waals surface area contributed by atoms with Crippen LogP contribution in [-0.4, -0.2) is 29.5 Å². The quantitative estimate of drug-likeness (QED) is 0.757. The van der Waals surface area contributed by atoms with Gasteiger partial charge >= 0.3 is 0 Å². The second kappa shape index (κ2) is 9.06. The van der Waals surface area contributed by atoms with Crippen molar-refractivity contribution in [1.82, 2.24) is 10.6 Å². The first-order valence-electron chi connectivity index (χ1n) is 8.07. The molecule has 0 bridgehead atoms. The van der Waals surface area contributed by atoms with E-state index < -0.39 is 10.8 Å². The van der Waals surface area contributed by atoms with Crippen LogP contribution in [0.15, 0.2) is 29.2 Å². The maximum atomic E-state index is 12.0. The highest BCUT2D eigenvalue weighted by atomic mass is 32.2. The van der Waals surface area contributed by atoms with Gasteiger partial charge in [0.15, 0.2) is 0 Å². The largest absolute Gasteiger partial charge is 0.355 e. The molecule has 2 rings (SSSR count).